The highest BCUT2D eigenvalue weighted by Gasteiger charge is 2.42. The number of guanidine groups is 1. The zero-order valence-electron chi connectivity index (χ0n) is 13.7. The molecule has 1 aromatic heterocycles. The van der Waals surface area contributed by atoms with E-state index in [-0.39, 0.29) is 5.60 Å². The van der Waals surface area contributed by atoms with Crippen molar-refractivity contribution in [2.75, 3.05) is 13.7 Å². The van der Waals surface area contributed by atoms with E-state index in [1.807, 2.05) is 18.5 Å². The van der Waals surface area contributed by atoms with Crippen LogP contribution in [0.1, 0.15) is 43.8 Å². The van der Waals surface area contributed by atoms with Gasteiger partial charge in [0.05, 0.1) is 12.1 Å². The van der Waals surface area contributed by atoms with E-state index in [2.05, 4.69) is 25.8 Å². The van der Waals surface area contributed by atoms with Crippen LogP contribution in [0.3, 0.4) is 0 Å². The molecule has 0 amide bonds. The highest BCUT2D eigenvalue weighted by molar-refractivity contribution is 5.79. The Morgan fingerprint density at radius 1 is 1.45 bits per heavy atom. The monoisotopic (exact) mass is 306 g/mol. The normalized spacial score (nSPS) is 24.1. The molecule has 1 aliphatic carbocycles. The van der Waals surface area contributed by atoms with Crippen LogP contribution in [0, 0.1) is 6.92 Å². The predicted molar refractivity (Wildman–Crippen MR) is 84.6 cm³/mol. The summed E-state index contributed by atoms with van der Waals surface area (Å²) in [4.78, 5) is 4.32. The van der Waals surface area contributed by atoms with Gasteiger partial charge >= 0.3 is 0 Å². The molecule has 1 aromatic rings. The first kappa shape index (κ1) is 15.3. The van der Waals surface area contributed by atoms with Gasteiger partial charge in [0.2, 0.25) is 0 Å². The molecule has 1 saturated heterocycles. The van der Waals surface area contributed by atoms with E-state index >= 15 is 0 Å². The first-order valence-corrected chi connectivity index (χ1v) is 8.08. The van der Waals surface area contributed by atoms with Gasteiger partial charge in [0.25, 0.3) is 0 Å². The zero-order chi connectivity index (χ0) is 15.6. The Balaban J connectivity index is 1.52. The van der Waals surface area contributed by atoms with E-state index in [4.69, 9.17) is 4.74 Å². The lowest BCUT2D eigenvalue weighted by Gasteiger charge is -2.47. The summed E-state index contributed by atoms with van der Waals surface area (Å²) in [5, 5.41) is 15.1. The van der Waals surface area contributed by atoms with Gasteiger partial charge in [-0.15, -0.1) is 10.2 Å². The van der Waals surface area contributed by atoms with Crippen molar-refractivity contribution >= 4 is 5.96 Å². The summed E-state index contributed by atoms with van der Waals surface area (Å²) < 4.78 is 7.96. The zero-order valence-corrected chi connectivity index (χ0v) is 13.7. The van der Waals surface area contributed by atoms with Crippen molar-refractivity contribution in [3.8, 4) is 0 Å². The van der Waals surface area contributed by atoms with Crippen molar-refractivity contribution in [1.29, 1.82) is 0 Å². The number of aryl methyl sites for hydroxylation is 1. The second-order valence-electron chi connectivity index (χ2n) is 6.37. The van der Waals surface area contributed by atoms with Crippen LogP contribution in [0.4, 0.5) is 0 Å². The molecule has 3 rings (SSSR count). The topological polar surface area (TPSA) is 76.4 Å². The van der Waals surface area contributed by atoms with E-state index < -0.39 is 0 Å². The van der Waals surface area contributed by atoms with Gasteiger partial charge in [0, 0.05) is 26.7 Å². The van der Waals surface area contributed by atoms with Gasteiger partial charge < -0.3 is 19.9 Å². The highest BCUT2D eigenvalue weighted by Crippen LogP contribution is 2.42. The van der Waals surface area contributed by atoms with Gasteiger partial charge in [-0.1, -0.05) is 0 Å². The quantitative estimate of drug-likeness (QED) is 0.641. The number of aliphatic imine (C=N–C) groups is 1. The average Bonchev–Trinajstić information content (AvgIpc) is 2.82. The van der Waals surface area contributed by atoms with Crippen LogP contribution in [-0.4, -0.2) is 46.0 Å². The lowest BCUT2D eigenvalue weighted by Crippen LogP contribution is -2.53. The average molecular weight is 306 g/mol. The SMILES string of the molecule is CN=C(NCc1nnc(C)n1C)NC1CCOC2(CCC2)C1. The summed E-state index contributed by atoms with van der Waals surface area (Å²) in [6.07, 6.45) is 5.82. The van der Waals surface area contributed by atoms with Crippen molar-refractivity contribution < 1.29 is 4.74 Å². The van der Waals surface area contributed by atoms with Crippen LogP contribution in [0.2, 0.25) is 0 Å². The fourth-order valence-corrected chi connectivity index (χ4v) is 3.23. The van der Waals surface area contributed by atoms with Gasteiger partial charge in [-0.05, 0) is 39.0 Å². The Hall–Kier alpha value is -1.63. The first-order valence-electron chi connectivity index (χ1n) is 8.08. The van der Waals surface area contributed by atoms with Gasteiger partial charge in [-0.3, -0.25) is 4.99 Å². The van der Waals surface area contributed by atoms with Crippen molar-refractivity contribution in [3.63, 3.8) is 0 Å². The van der Waals surface area contributed by atoms with E-state index in [0.29, 0.717) is 12.6 Å². The highest BCUT2D eigenvalue weighted by atomic mass is 16.5. The lowest BCUT2D eigenvalue weighted by atomic mass is 9.74. The molecule has 122 valence electrons. The number of hydrogen-bond acceptors (Lipinski definition) is 4. The summed E-state index contributed by atoms with van der Waals surface area (Å²) in [7, 11) is 3.77. The molecule has 1 aliphatic heterocycles. The maximum atomic E-state index is 5.97. The van der Waals surface area contributed by atoms with E-state index in [1.165, 1.54) is 19.3 Å². The summed E-state index contributed by atoms with van der Waals surface area (Å²) >= 11 is 0. The number of nitrogens with one attached hydrogen (secondary N) is 2. The molecule has 2 fully saturated rings. The minimum atomic E-state index is 0.148. The van der Waals surface area contributed by atoms with Crippen molar-refractivity contribution in [2.24, 2.45) is 12.0 Å². The standard InChI is InChI=1S/C15H26N6O/c1-11-19-20-13(21(11)3)10-17-14(16-2)18-12-5-8-22-15(9-12)6-4-7-15/h12H,4-10H2,1-3H3,(H2,16,17,18). The Morgan fingerprint density at radius 2 is 2.27 bits per heavy atom. The smallest absolute Gasteiger partial charge is 0.191 e. The molecule has 1 atom stereocenters. The third-order valence-electron chi connectivity index (χ3n) is 4.92. The van der Waals surface area contributed by atoms with Crippen molar-refractivity contribution in [3.05, 3.63) is 11.6 Å². The summed E-state index contributed by atoms with van der Waals surface area (Å²) in [6, 6.07) is 0.432. The van der Waals surface area contributed by atoms with Gasteiger partial charge in [0.15, 0.2) is 11.8 Å². The first-order chi connectivity index (χ1) is 10.6. The molecule has 0 radical (unpaired) electrons. The third kappa shape index (κ3) is 3.09. The molecule has 2 aliphatic rings. The van der Waals surface area contributed by atoms with Crippen LogP contribution in [0.25, 0.3) is 0 Å². The molecule has 2 heterocycles. The van der Waals surface area contributed by atoms with Gasteiger partial charge in [0.1, 0.15) is 5.82 Å². The number of rotatable bonds is 3. The molecule has 22 heavy (non-hydrogen) atoms. The van der Waals surface area contributed by atoms with Crippen molar-refractivity contribution in [1.82, 2.24) is 25.4 Å². The Morgan fingerprint density at radius 3 is 2.86 bits per heavy atom. The van der Waals surface area contributed by atoms with Crippen LogP contribution in [0.5, 0.6) is 0 Å². The number of aromatic nitrogens is 3. The van der Waals surface area contributed by atoms with E-state index in [1.54, 1.807) is 7.05 Å². The molecular weight excluding hydrogens is 280 g/mol. The van der Waals surface area contributed by atoms with Crippen molar-refractivity contribution in [2.45, 2.75) is 57.2 Å². The van der Waals surface area contributed by atoms with E-state index in [0.717, 1.165) is 37.1 Å². The molecule has 0 aromatic carbocycles. The fourth-order valence-electron chi connectivity index (χ4n) is 3.23. The second kappa shape index (κ2) is 6.24. The predicted octanol–water partition coefficient (Wildman–Crippen LogP) is 0.890. The molecule has 1 unspecified atom stereocenters. The molecule has 1 spiro atoms. The van der Waals surface area contributed by atoms with Gasteiger partial charge in [-0.2, -0.15) is 0 Å². The van der Waals surface area contributed by atoms with Crippen LogP contribution in [0.15, 0.2) is 4.99 Å². The molecule has 0 bridgehead atoms. The Labute approximate surface area is 131 Å². The molecule has 7 heteroatoms. The lowest BCUT2D eigenvalue weighted by molar-refractivity contribution is -0.134. The summed E-state index contributed by atoms with van der Waals surface area (Å²) in [5.74, 6) is 2.64. The number of ether oxygens (including phenoxy) is 1. The number of nitrogens with zero attached hydrogens (tertiary/aromatic N) is 4. The maximum Gasteiger partial charge on any atom is 0.191 e. The second-order valence-corrected chi connectivity index (χ2v) is 6.37. The summed E-state index contributed by atoms with van der Waals surface area (Å²) in [6.45, 7) is 3.41. The molecule has 2 N–H and O–H groups in total. The van der Waals surface area contributed by atoms with Crippen LogP contribution >= 0.6 is 0 Å². The summed E-state index contributed by atoms with van der Waals surface area (Å²) in [5.41, 5.74) is 0.148. The Kier molecular flexibility index (Phi) is 4.33. The molecular formula is C15H26N6O. The van der Waals surface area contributed by atoms with Crippen LogP contribution < -0.4 is 10.6 Å². The third-order valence-corrected chi connectivity index (χ3v) is 4.92. The minimum absolute atomic E-state index is 0.148. The van der Waals surface area contributed by atoms with Crippen LogP contribution in [-0.2, 0) is 18.3 Å². The Bertz CT molecular complexity index is 548. The molecule has 1 saturated carbocycles. The largest absolute Gasteiger partial charge is 0.375 e. The minimum Gasteiger partial charge on any atom is -0.375 e. The maximum absolute atomic E-state index is 5.97. The molecule has 7 nitrogen and oxygen atoms in total. The fraction of sp³-hybridized carbons (Fsp3) is 0.800. The van der Waals surface area contributed by atoms with E-state index in [9.17, 15) is 0 Å². The number of hydrogen-bond donors (Lipinski definition) is 2. The van der Waals surface area contributed by atoms with Gasteiger partial charge in [-0.25, -0.2) is 0 Å².